The molecule has 18 heavy (non-hydrogen) atoms. The summed E-state index contributed by atoms with van der Waals surface area (Å²) < 4.78 is 0. The summed E-state index contributed by atoms with van der Waals surface area (Å²) in [5.41, 5.74) is 0. The highest BCUT2D eigenvalue weighted by atomic mass is 32.1. The summed E-state index contributed by atoms with van der Waals surface area (Å²) in [6, 6.07) is 4.35. The van der Waals surface area contributed by atoms with Gasteiger partial charge >= 0.3 is 0 Å². The maximum Gasteiger partial charge on any atom is 0.0325 e. The largest absolute Gasteiger partial charge is 0.315 e. The van der Waals surface area contributed by atoms with Crippen molar-refractivity contribution in [3.05, 3.63) is 22.4 Å². The second-order valence-electron chi connectivity index (χ2n) is 5.53. The lowest BCUT2D eigenvalue weighted by Crippen LogP contribution is -2.32. The summed E-state index contributed by atoms with van der Waals surface area (Å²) in [6.07, 6.45) is 7.24. The number of likely N-dealkylation sites (N-methyl/N-ethyl adjacent to an activating group) is 1. The van der Waals surface area contributed by atoms with E-state index in [1.54, 1.807) is 0 Å². The van der Waals surface area contributed by atoms with E-state index >= 15 is 0 Å². The number of nitrogens with one attached hydrogen (secondary N) is 1. The molecule has 0 amide bonds. The first-order valence-electron chi connectivity index (χ1n) is 7.26. The van der Waals surface area contributed by atoms with Gasteiger partial charge in [0.15, 0.2) is 0 Å². The van der Waals surface area contributed by atoms with Gasteiger partial charge in [0.25, 0.3) is 0 Å². The van der Waals surface area contributed by atoms with Crippen molar-refractivity contribution in [2.24, 2.45) is 5.92 Å². The third-order valence-corrected chi connectivity index (χ3v) is 4.70. The molecular formula is C15H26N2S. The van der Waals surface area contributed by atoms with Gasteiger partial charge in [0.1, 0.15) is 0 Å². The topological polar surface area (TPSA) is 15.3 Å². The Morgan fingerprint density at radius 2 is 2.17 bits per heavy atom. The third kappa shape index (κ3) is 5.09. The average Bonchev–Trinajstić information content (AvgIpc) is 2.89. The molecule has 0 aliphatic heterocycles. The highest BCUT2D eigenvalue weighted by Crippen LogP contribution is 2.22. The van der Waals surface area contributed by atoms with Crippen LogP contribution in [0, 0.1) is 5.92 Å². The molecule has 0 spiro atoms. The molecule has 1 N–H and O–H groups in total. The Bertz CT molecular complexity index is 304. The standard InChI is InChI=1S/C15H26N2S/c1-17(13-15-8-5-11-18-15)10-9-16-12-14-6-3-2-4-7-14/h5,8,11,14,16H,2-4,6-7,9-10,12-13H2,1H3. The summed E-state index contributed by atoms with van der Waals surface area (Å²) in [6.45, 7) is 4.58. The predicted octanol–water partition coefficient (Wildman–Crippen LogP) is 3.35. The first-order chi connectivity index (χ1) is 8.84. The van der Waals surface area contributed by atoms with Crippen LogP contribution in [0.3, 0.4) is 0 Å². The van der Waals surface area contributed by atoms with Crippen LogP contribution in [0.25, 0.3) is 0 Å². The minimum atomic E-state index is 0.946. The zero-order chi connectivity index (χ0) is 12.6. The molecule has 1 heterocycles. The third-order valence-electron chi connectivity index (χ3n) is 3.83. The molecule has 3 heteroatoms. The molecule has 1 aromatic heterocycles. The summed E-state index contributed by atoms with van der Waals surface area (Å²) in [5, 5.41) is 5.78. The molecule has 1 aromatic rings. The van der Waals surface area contributed by atoms with E-state index in [1.165, 1.54) is 43.5 Å². The van der Waals surface area contributed by atoms with Crippen LogP contribution in [0.1, 0.15) is 37.0 Å². The van der Waals surface area contributed by atoms with Gasteiger partial charge in [-0.3, -0.25) is 0 Å². The maximum absolute atomic E-state index is 3.63. The van der Waals surface area contributed by atoms with Crippen LogP contribution in [0.5, 0.6) is 0 Å². The van der Waals surface area contributed by atoms with Gasteiger partial charge in [0.2, 0.25) is 0 Å². The molecule has 2 rings (SSSR count). The molecule has 102 valence electrons. The minimum absolute atomic E-state index is 0.946. The number of nitrogens with zero attached hydrogens (tertiary/aromatic N) is 1. The maximum atomic E-state index is 3.63. The van der Waals surface area contributed by atoms with Crippen LogP contribution in [-0.2, 0) is 6.54 Å². The van der Waals surface area contributed by atoms with Crippen molar-refractivity contribution >= 4 is 11.3 Å². The van der Waals surface area contributed by atoms with Crippen molar-refractivity contribution in [2.75, 3.05) is 26.7 Å². The second kappa shape index (κ2) is 7.93. The number of hydrogen-bond donors (Lipinski definition) is 1. The molecule has 1 aliphatic carbocycles. The Hall–Kier alpha value is -0.380. The Balaban J connectivity index is 1.52. The molecule has 0 saturated heterocycles. The lowest BCUT2D eigenvalue weighted by atomic mass is 9.89. The van der Waals surface area contributed by atoms with Crippen LogP contribution in [0.2, 0.25) is 0 Å². The van der Waals surface area contributed by atoms with Crippen LogP contribution in [0.4, 0.5) is 0 Å². The Morgan fingerprint density at radius 1 is 1.33 bits per heavy atom. The van der Waals surface area contributed by atoms with Gasteiger partial charge in [-0.15, -0.1) is 11.3 Å². The summed E-state index contributed by atoms with van der Waals surface area (Å²) in [4.78, 5) is 3.87. The Labute approximate surface area is 115 Å². The van der Waals surface area contributed by atoms with E-state index < -0.39 is 0 Å². The van der Waals surface area contributed by atoms with Gasteiger partial charge in [-0.2, -0.15) is 0 Å². The summed E-state index contributed by atoms with van der Waals surface area (Å²) >= 11 is 1.85. The molecule has 1 saturated carbocycles. The van der Waals surface area contributed by atoms with E-state index in [-0.39, 0.29) is 0 Å². The highest BCUT2D eigenvalue weighted by Gasteiger charge is 2.12. The molecule has 1 aliphatic rings. The van der Waals surface area contributed by atoms with E-state index in [0.717, 1.165) is 25.6 Å². The fourth-order valence-electron chi connectivity index (χ4n) is 2.71. The van der Waals surface area contributed by atoms with Crippen molar-refractivity contribution < 1.29 is 0 Å². The van der Waals surface area contributed by atoms with Crippen LogP contribution in [-0.4, -0.2) is 31.6 Å². The Kier molecular flexibility index (Phi) is 6.18. The molecule has 0 unspecified atom stereocenters. The molecule has 0 aromatic carbocycles. The molecule has 2 nitrogen and oxygen atoms in total. The van der Waals surface area contributed by atoms with E-state index in [4.69, 9.17) is 0 Å². The average molecular weight is 266 g/mol. The summed E-state index contributed by atoms with van der Waals surface area (Å²) in [7, 11) is 2.21. The van der Waals surface area contributed by atoms with Gasteiger partial charge in [-0.25, -0.2) is 0 Å². The molecular weight excluding hydrogens is 240 g/mol. The number of thiophene rings is 1. The van der Waals surface area contributed by atoms with Crippen LogP contribution in [0.15, 0.2) is 17.5 Å². The van der Waals surface area contributed by atoms with Gasteiger partial charge in [0, 0.05) is 24.5 Å². The lowest BCUT2D eigenvalue weighted by molar-refractivity contribution is 0.305. The molecule has 0 bridgehead atoms. The first kappa shape index (κ1) is 14.0. The molecule has 1 fully saturated rings. The van der Waals surface area contributed by atoms with Gasteiger partial charge < -0.3 is 10.2 Å². The smallest absolute Gasteiger partial charge is 0.0325 e. The fraction of sp³-hybridized carbons (Fsp3) is 0.733. The SMILES string of the molecule is CN(CCNCC1CCCCC1)Cc1cccs1. The van der Waals surface area contributed by atoms with E-state index in [0.29, 0.717) is 0 Å². The van der Waals surface area contributed by atoms with Crippen LogP contribution < -0.4 is 5.32 Å². The van der Waals surface area contributed by atoms with Crippen molar-refractivity contribution in [2.45, 2.75) is 38.6 Å². The highest BCUT2D eigenvalue weighted by molar-refractivity contribution is 7.09. The van der Waals surface area contributed by atoms with Crippen molar-refractivity contribution in [3.63, 3.8) is 0 Å². The van der Waals surface area contributed by atoms with Crippen LogP contribution >= 0.6 is 11.3 Å². The predicted molar refractivity (Wildman–Crippen MR) is 80.1 cm³/mol. The summed E-state index contributed by atoms with van der Waals surface area (Å²) in [5.74, 6) is 0.946. The van der Waals surface area contributed by atoms with Gasteiger partial charge in [-0.05, 0) is 43.8 Å². The van der Waals surface area contributed by atoms with Crippen molar-refractivity contribution in [1.82, 2.24) is 10.2 Å². The quantitative estimate of drug-likeness (QED) is 0.761. The molecule has 0 radical (unpaired) electrons. The number of hydrogen-bond acceptors (Lipinski definition) is 3. The monoisotopic (exact) mass is 266 g/mol. The van der Waals surface area contributed by atoms with E-state index in [2.05, 4.69) is 34.8 Å². The first-order valence-corrected chi connectivity index (χ1v) is 8.14. The van der Waals surface area contributed by atoms with Crippen molar-refractivity contribution in [3.8, 4) is 0 Å². The lowest BCUT2D eigenvalue weighted by Gasteiger charge is -2.22. The van der Waals surface area contributed by atoms with Gasteiger partial charge in [-0.1, -0.05) is 25.3 Å². The Morgan fingerprint density at radius 3 is 2.89 bits per heavy atom. The number of rotatable bonds is 7. The van der Waals surface area contributed by atoms with E-state index in [9.17, 15) is 0 Å². The second-order valence-corrected chi connectivity index (χ2v) is 6.56. The zero-order valence-corrected chi connectivity index (χ0v) is 12.3. The normalized spacial score (nSPS) is 17.4. The zero-order valence-electron chi connectivity index (χ0n) is 11.5. The molecule has 0 atom stereocenters. The van der Waals surface area contributed by atoms with Gasteiger partial charge in [0.05, 0.1) is 0 Å². The minimum Gasteiger partial charge on any atom is -0.315 e. The van der Waals surface area contributed by atoms with Crippen molar-refractivity contribution in [1.29, 1.82) is 0 Å². The fourth-order valence-corrected chi connectivity index (χ4v) is 3.50. The van der Waals surface area contributed by atoms with E-state index in [1.807, 2.05) is 11.3 Å².